The molecule has 2 saturated carbocycles. The normalized spacial score (nSPS) is 19.0. The molecule has 542 valence electrons. The monoisotopic (exact) mass is 1410 g/mol. The summed E-state index contributed by atoms with van der Waals surface area (Å²) in [5.74, 6) is -1.94. The Morgan fingerprint density at radius 2 is 1.31 bits per heavy atom. The van der Waals surface area contributed by atoms with Gasteiger partial charge in [-0.05, 0) is 141 Å². The topological polar surface area (TPSA) is 288 Å². The minimum atomic E-state index is -1.45. The number of hydrogen-bond donors (Lipinski definition) is 3. The summed E-state index contributed by atoms with van der Waals surface area (Å²) >= 11 is 0. The van der Waals surface area contributed by atoms with E-state index < -0.39 is 47.9 Å². The van der Waals surface area contributed by atoms with Gasteiger partial charge in [0.2, 0.25) is 17.7 Å². The maximum absolute atomic E-state index is 14.5. The number of aliphatic hydroxyl groups is 1. The number of ketones is 3. The molecule has 2 aliphatic carbocycles. The number of rotatable bonds is 28. The molecule has 103 heavy (non-hydrogen) atoms. The van der Waals surface area contributed by atoms with Gasteiger partial charge in [0, 0.05) is 93.4 Å². The van der Waals surface area contributed by atoms with Gasteiger partial charge in [-0.3, -0.25) is 38.4 Å². The minimum absolute atomic E-state index is 0.0482. The van der Waals surface area contributed by atoms with Gasteiger partial charge >= 0.3 is 6.09 Å². The molecule has 2 spiro atoms. The standard InChI is InChI=1S/C79H91N9O15/c1-47(2)58(36-55(90)42-80-69(92)26-24-54(89)25-27-70(93)85-43-52-14-8-9-15-56(52)72-71(82-83-84(72)4)57-16-10-11-17-61(57)85)73(94)81-48(3)64(91)34-49-18-20-50(21-19-49)44-103-77(98)88-62-39-68(66(100-6)38-60(62)75(96)87-46-79(30-31-79)41-63(87)76(88)97)102-33-13-7-12-32-101-67-35-51-22-23-53-40-78(28-29-78)45-86(53)74(95)59(51)37-65(67)99-5/h8-11,14-21,35,37-39,47-48,53,58,63,76,97H,7,12-13,22-34,36,40-46H2,1-6H3,(H,80,92)(H,81,94)/t48-,53+,58-,63-,76+/m0/s1. The quantitative estimate of drug-likeness (QED) is 0.0385. The number of fused-ring (bicyclic) bond motifs is 9. The Bertz CT molecular complexity index is 4290. The molecular weight excluding hydrogens is 1310 g/mol. The van der Waals surface area contributed by atoms with Gasteiger partial charge in [0.15, 0.2) is 40.8 Å². The highest BCUT2D eigenvalue weighted by Gasteiger charge is 2.58. The number of anilines is 2. The molecule has 6 aromatic rings. The van der Waals surface area contributed by atoms with Crippen LogP contribution in [0, 0.1) is 22.7 Å². The zero-order valence-electron chi connectivity index (χ0n) is 59.5. The lowest BCUT2D eigenvalue weighted by Gasteiger charge is -2.31. The fraction of sp³-hybridized carbons (Fsp3) is 0.481. The van der Waals surface area contributed by atoms with E-state index in [9.17, 15) is 48.3 Å². The highest BCUT2D eigenvalue weighted by Crippen LogP contribution is 2.58. The van der Waals surface area contributed by atoms with Crippen molar-refractivity contribution in [2.75, 3.05) is 56.9 Å². The molecule has 3 N–H and O–H groups in total. The number of unbranched alkanes of at least 4 members (excludes halogenated alkanes) is 2. The van der Waals surface area contributed by atoms with Crippen LogP contribution in [0.25, 0.3) is 22.5 Å². The number of hydrogen-bond acceptors (Lipinski definition) is 17. The van der Waals surface area contributed by atoms with E-state index in [4.69, 9.17) is 23.7 Å². The molecule has 6 amide bonds. The summed E-state index contributed by atoms with van der Waals surface area (Å²) in [6.07, 6.45) is 6.57. The number of carbonyl (C=O) groups excluding carboxylic acids is 9. The number of para-hydroxylation sites is 1. The first kappa shape index (κ1) is 71.4. The van der Waals surface area contributed by atoms with Crippen molar-refractivity contribution in [3.05, 3.63) is 130 Å². The Kier molecular flexibility index (Phi) is 20.9. The molecule has 24 heteroatoms. The summed E-state index contributed by atoms with van der Waals surface area (Å²) < 4.78 is 31.7. The number of aliphatic hydroxyl groups excluding tert-OH is 1. The number of carbonyl (C=O) groups is 9. The summed E-state index contributed by atoms with van der Waals surface area (Å²) in [5, 5.41) is 26.3. The molecule has 5 aromatic carbocycles. The lowest BCUT2D eigenvalue weighted by atomic mass is 9.89. The van der Waals surface area contributed by atoms with Crippen molar-refractivity contribution in [1.82, 2.24) is 35.4 Å². The van der Waals surface area contributed by atoms with E-state index in [1.807, 2.05) is 67.7 Å². The van der Waals surface area contributed by atoms with Crippen LogP contribution in [0.1, 0.15) is 160 Å². The predicted molar refractivity (Wildman–Crippen MR) is 380 cm³/mol. The van der Waals surface area contributed by atoms with Gasteiger partial charge in [0.1, 0.15) is 18.1 Å². The fourth-order valence-corrected chi connectivity index (χ4v) is 15.5. The zero-order valence-corrected chi connectivity index (χ0v) is 59.5. The molecule has 2 saturated heterocycles. The maximum atomic E-state index is 14.5. The van der Waals surface area contributed by atoms with Gasteiger partial charge in [-0.25, -0.2) is 14.4 Å². The number of benzene rings is 5. The number of aryl methyl sites for hydroxylation is 2. The number of aromatic nitrogens is 3. The Morgan fingerprint density at radius 1 is 0.670 bits per heavy atom. The van der Waals surface area contributed by atoms with Crippen molar-refractivity contribution in [3.63, 3.8) is 0 Å². The molecule has 0 bridgehead atoms. The molecular formula is C79H91N9O15. The SMILES string of the molecule is COc1cc2c(cc1OCCCCCOc1cc3c(cc1OC)C(=O)N1CC4(CC4)C[C@H]1[C@@H](O)N3C(=O)OCc1ccc(CC(=O)[C@H](C)NC(=O)[C@@H](CC(=O)CNC(=O)CCC(=O)CCC(=O)N3Cc4ccccc4-c4c(nnn4C)-c4ccccc43)C(C)C)cc1)CC[C@@H]1CC3(CC3)CN1C2=O. The van der Waals surface area contributed by atoms with Gasteiger partial charge in [0.05, 0.1) is 75.2 Å². The molecule has 5 atom stereocenters. The third-order valence-electron chi connectivity index (χ3n) is 22.0. The van der Waals surface area contributed by atoms with Crippen LogP contribution in [0.4, 0.5) is 16.2 Å². The minimum Gasteiger partial charge on any atom is -0.493 e. The van der Waals surface area contributed by atoms with E-state index in [0.29, 0.717) is 77.4 Å². The van der Waals surface area contributed by atoms with E-state index in [-0.39, 0.29) is 134 Å². The summed E-state index contributed by atoms with van der Waals surface area (Å²) in [5.41, 5.74) is 8.03. The van der Waals surface area contributed by atoms with E-state index in [2.05, 4.69) is 25.8 Å². The van der Waals surface area contributed by atoms with E-state index in [1.165, 1.54) is 20.0 Å². The number of ether oxygens (including phenoxy) is 5. The molecule has 13 rings (SSSR count). The van der Waals surface area contributed by atoms with Gasteiger partial charge in [-0.2, -0.15) is 0 Å². The van der Waals surface area contributed by atoms with Crippen LogP contribution in [0.3, 0.4) is 0 Å². The van der Waals surface area contributed by atoms with Crippen molar-refractivity contribution in [3.8, 4) is 45.5 Å². The molecule has 1 aromatic heterocycles. The van der Waals surface area contributed by atoms with Crippen molar-refractivity contribution < 1.29 is 71.9 Å². The van der Waals surface area contributed by atoms with Gasteiger partial charge in [-0.15, -0.1) is 5.10 Å². The molecule has 0 unspecified atom stereocenters. The van der Waals surface area contributed by atoms with Gasteiger partial charge < -0.3 is 54.1 Å². The number of methoxy groups -OCH3 is 2. The highest BCUT2D eigenvalue weighted by atomic mass is 16.6. The van der Waals surface area contributed by atoms with Crippen molar-refractivity contribution in [1.29, 1.82) is 0 Å². The number of nitrogens with zero attached hydrogens (tertiary/aromatic N) is 7. The first-order chi connectivity index (χ1) is 49.6. The van der Waals surface area contributed by atoms with E-state index >= 15 is 0 Å². The summed E-state index contributed by atoms with van der Waals surface area (Å²) in [7, 11) is 4.89. The lowest BCUT2D eigenvalue weighted by Crippen LogP contribution is -2.50. The highest BCUT2D eigenvalue weighted by molar-refractivity contribution is 6.06. The Morgan fingerprint density at radius 3 is 2.02 bits per heavy atom. The smallest absolute Gasteiger partial charge is 0.416 e. The third-order valence-corrected chi connectivity index (χ3v) is 22.0. The Labute approximate surface area is 599 Å². The Balaban J connectivity index is 0.555. The first-order valence-electron chi connectivity index (χ1n) is 36.2. The van der Waals surface area contributed by atoms with E-state index in [0.717, 1.165) is 77.9 Å². The second-order valence-corrected chi connectivity index (χ2v) is 29.5. The average Bonchev–Trinajstić information content (AvgIpc) is 1.59. The third kappa shape index (κ3) is 15.4. The van der Waals surface area contributed by atoms with Crippen LogP contribution in [0.5, 0.6) is 23.0 Å². The predicted octanol–water partition coefficient (Wildman–Crippen LogP) is 9.85. The van der Waals surface area contributed by atoms with E-state index in [1.54, 1.807) is 78.8 Å². The molecule has 7 aliphatic rings. The molecule has 4 fully saturated rings. The molecule has 0 radical (unpaired) electrons. The van der Waals surface area contributed by atoms with Crippen molar-refractivity contribution in [2.45, 2.75) is 167 Å². The number of amides is 6. The van der Waals surface area contributed by atoms with Gasteiger partial charge in [0.25, 0.3) is 11.8 Å². The average molecular weight is 1410 g/mol. The van der Waals surface area contributed by atoms with Crippen molar-refractivity contribution in [2.24, 2.45) is 29.7 Å². The summed E-state index contributed by atoms with van der Waals surface area (Å²) in [6, 6.07) is 27.6. The first-order valence-corrected chi connectivity index (χ1v) is 36.2. The van der Waals surface area contributed by atoms with Crippen molar-refractivity contribution >= 4 is 64.4 Å². The molecule has 5 aliphatic heterocycles. The lowest BCUT2D eigenvalue weighted by molar-refractivity contribution is -0.133. The molecule has 24 nitrogen and oxygen atoms in total. The maximum Gasteiger partial charge on any atom is 0.416 e. The number of nitrogens with one attached hydrogen (secondary N) is 2. The fourth-order valence-electron chi connectivity index (χ4n) is 15.5. The summed E-state index contributed by atoms with van der Waals surface area (Å²) in [4.78, 5) is 130. The summed E-state index contributed by atoms with van der Waals surface area (Å²) in [6.45, 7) is 6.80. The number of Topliss-reactive ketones (excluding diaryl/α,β-unsaturated/α-hetero) is 3. The van der Waals surface area contributed by atoms with Crippen LogP contribution < -0.4 is 39.4 Å². The molecule has 6 heterocycles. The second kappa shape index (κ2) is 30.2. The van der Waals surface area contributed by atoms with Crippen LogP contribution in [0.15, 0.2) is 97.1 Å². The van der Waals surface area contributed by atoms with Crippen LogP contribution >= 0.6 is 0 Å². The van der Waals surface area contributed by atoms with Crippen LogP contribution in [0.2, 0.25) is 0 Å². The largest absolute Gasteiger partial charge is 0.493 e. The van der Waals surface area contributed by atoms with Crippen LogP contribution in [-0.2, 0) is 66.5 Å². The van der Waals surface area contributed by atoms with Crippen LogP contribution in [-0.4, -0.2) is 154 Å². The Hall–Kier alpha value is -9.97. The zero-order chi connectivity index (χ0) is 72.4. The second-order valence-electron chi connectivity index (χ2n) is 29.5. The van der Waals surface area contributed by atoms with Gasteiger partial charge in [-0.1, -0.05) is 85.8 Å².